The lowest BCUT2D eigenvalue weighted by molar-refractivity contribution is 0.511. The summed E-state index contributed by atoms with van der Waals surface area (Å²) in [6, 6.07) is 6.01. The molecule has 84 valence electrons. The smallest absolute Gasteiger partial charge is 0.181 e. The molecule has 0 saturated carbocycles. The maximum Gasteiger partial charge on any atom is 0.181 e. The van der Waals surface area contributed by atoms with Gasteiger partial charge in [0.2, 0.25) is 0 Å². The molecule has 0 radical (unpaired) electrons. The number of anilines is 1. The van der Waals surface area contributed by atoms with E-state index in [1.54, 1.807) is 11.3 Å². The zero-order valence-corrected chi connectivity index (χ0v) is 10.5. The van der Waals surface area contributed by atoms with Crippen molar-refractivity contribution in [2.75, 3.05) is 5.32 Å². The van der Waals surface area contributed by atoms with Crippen LogP contribution in [0, 0.1) is 11.6 Å². The lowest BCUT2D eigenvalue weighted by atomic mass is 10.3. The van der Waals surface area contributed by atoms with E-state index in [1.807, 2.05) is 11.4 Å². The Balaban J connectivity index is 2.11. The number of thiophene rings is 1. The average Bonchev–Trinajstić information content (AvgIpc) is 2.67. The van der Waals surface area contributed by atoms with Gasteiger partial charge in [-0.2, -0.15) is 0 Å². The lowest BCUT2D eigenvalue weighted by Gasteiger charge is -2.06. The first-order valence-electron chi connectivity index (χ1n) is 4.58. The van der Waals surface area contributed by atoms with Gasteiger partial charge in [-0.25, -0.2) is 8.78 Å². The molecule has 0 bridgehead atoms. The van der Waals surface area contributed by atoms with Gasteiger partial charge in [0.15, 0.2) is 11.6 Å². The second-order valence-electron chi connectivity index (χ2n) is 3.15. The van der Waals surface area contributed by atoms with Crippen LogP contribution >= 0.6 is 27.3 Å². The monoisotopic (exact) mass is 303 g/mol. The summed E-state index contributed by atoms with van der Waals surface area (Å²) in [6.45, 7) is 0.471. The van der Waals surface area contributed by atoms with Gasteiger partial charge in [0.25, 0.3) is 0 Å². The Labute approximate surface area is 104 Å². The average molecular weight is 304 g/mol. The molecule has 1 aromatic carbocycles. The Morgan fingerprint density at radius 2 is 2.06 bits per heavy atom. The van der Waals surface area contributed by atoms with Crippen LogP contribution in [0.5, 0.6) is 0 Å². The summed E-state index contributed by atoms with van der Waals surface area (Å²) in [5.74, 6) is -1.68. The Hall–Kier alpha value is -0.940. The van der Waals surface area contributed by atoms with E-state index in [0.29, 0.717) is 6.54 Å². The van der Waals surface area contributed by atoms with Crippen LogP contribution in [0.3, 0.4) is 0 Å². The molecule has 1 nitrogen and oxygen atoms in total. The van der Waals surface area contributed by atoms with Crippen LogP contribution in [-0.2, 0) is 6.54 Å². The predicted octanol–water partition coefficient (Wildman–Crippen LogP) is 4.40. The first kappa shape index (κ1) is 11.5. The molecule has 0 unspecified atom stereocenters. The number of halogens is 3. The summed E-state index contributed by atoms with van der Waals surface area (Å²) in [5.41, 5.74) is 0.181. The summed E-state index contributed by atoms with van der Waals surface area (Å²) in [4.78, 5) is 1.05. The molecule has 1 heterocycles. The van der Waals surface area contributed by atoms with Gasteiger partial charge in [-0.05, 0) is 39.5 Å². The molecule has 0 aliphatic rings. The fourth-order valence-corrected chi connectivity index (χ4v) is 2.70. The van der Waals surface area contributed by atoms with E-state index in [2.05, 4.69) is 21.2 Å². The zero-order chi connectivity index (χ0) is 11.5. The molecule has 5 heteroatoms. The molecular weight excluding hydrogens is 296 g/mol. The largest absolute Gasteiger partial charge is 0.378 e. The molecule has 1 N–H and O–H groups in total. The Morgan fingerprint density at radius 3 is 2.75 bits per heavy atom. The lowest BCUT2D eigenvalue weighted by Crippen LogP contribution is -2.01. The third-order valence-electron chi connectivity index (χ3n) is 2.08. The topological polar surface area (TPSA) is 12.0 Å². The first-order chi connectivity index (χ1) is 7.68. The first-order valence-corrected chi connectivity index (χ1v) is 6.25. The molecule has 2 rings (SSSR count). The number of hydrogen-bond donors (Lipinski definition) is 1. The zero-order valence-electron chi connectivity index (χ0n) is 8.14. The second kappa shape index (κ2) is 4.93. The van der Waals surface area contributed by atoms with Gasteiger partial charge in [-0.3, -0.25) is 0 Å². The van der Waals surface area contributed by atoms with Crippen LogP contribution in [-0.4, -0.2) is 0 Å². The van der Waals surface area contributed by atoms with E-state index in [-0.39, 0.29) is 5.69 Å². The van der Waals surface area contributed by atoms with Gasteiger partial charge in [-0.15, -0.1) is 11.3 Å². The van der Waals surface area contributed by atoms with Gasteiger partial charge in [0.1, 0.15) is 0 Å². The maximum absolute atomic E-state index is 13.3. The quantitative estimate of drug-likeness (QED) is 0.886. The number of hydrogen-bond acceptors (Lipinski definition) is 2. The maximum atomic E-state index is 13.3. The summed E-state index contributed by atoms with van der Waals surface area (Å²) in [7, 11) is 0. The highest BCUT2D eigenvalue weighted by Crippen LogP contribution is 2.24. The van der Waals surface area contributed by atoms with Crippen LogP contribution in [0.25, 0.3) is 0 Å². The van der Waals surface area contributed by atoms with Crippen LogP contribution in [0.1, 0.15) is 4.88 Å². The van der Waals surface area contributed by atoms with Crippen molar-refractivity contribution in [3.8, 4) is 0 Å². The molecule has 0 spiro atoms. The predicted molar refractivity (Wildman–Crippen MR) is 65.7 cm³/mol. The SMILES string of the molecule is Fc1cccc(NCc2sccc2Br)c1F. The van der Waals surface area contributed by atoms with Crippen LogP contribution in [0.15, 0.2) is 34.1 Å². The summed E-state index contributed by atoms with van der Waals surface area (Å²) in [5, 5.41) is 4.80. The van der Waals surface area contributed by atoms with Crippen molar-refractivity contribution in [1.29, 1.82) is 0 Å². The van der Waals surface area contributed by atoms with Crippen LogP contribution < -0.4 is 5.32 Å². The third kappa shape index (κ3) is 2.41. The normalized spacial score (nSPS) is 10.4. The van der Waals surface area contributed by atoms with Crippen molar-refractivity contribution in [1.82, 2.24) is 0 Å². The van der Waals surface area contributed by atoms with E-state index < -0.39 is 11.6 Å². The highest BCUT2D eigenvalue weighted by molar-refractivity contribution is 9.10. The molecule has 0 fully saturated rings. The van der Waals surface area contributed by atoms with Crippen molar-refractivity contribution in [3.05, 3.63) is 50.6 Å². The van der Waals surface area contributed by atoms with Gasteiger partial charge >= 0.3 is 0 Å². The van der Waals surface area contributed by atoms with Crippen LogP contribution in [0.2, 0.25) is 0 Å². The van der Waals surface area contributed by atoms with E-state index in [1.165, 1.54) is 12.1 Å². The van der Waals surface area contributed by atoms with E-state index in [9.17, 15) is 8.78 Å². The number of nitrogens with one attached hydrogen (secondary N) is 1. The Morgan fingerprint density at radius 1 is 1.25 bits per heavy atom. The fraction of sp³-hybridized carbons (Fsp3) is 0.0909. The molecule has 0 atom stereocenters. The number of benzene rings is 1. The van der Waals surface area contributed by atoms with Crippen molar-refractivity contribution in [2.45, 2.75) is 6.54 Å². The molecule has 2 aromatic rings. The Bertz CT molecular complexity index is 498. The summed E-state index contributed by atoms with van der Waals surface area (Å²) in [6.07, 6.45) is 0. The molecule has 1 aromatic heterocycles. The Kier molecular flexibility index (Phi) is 3.56. The van der Waals surface area contributed by atoms with Crippen molar-refractivity contribution in [2.24, 2.45) is 0 Å². The van der Waals surface area contributed by atoms with Gasteiger partial charge in [-0.1, -0.05) is 6.07 Å². The number of rotatable bonds is 3. The fourth-order valence-electron chi connectivity index (χ4n) is 1.27. The highest BCUT2D eigenvalue weighted by atomic mass is 79.9. The van der Waals surface area contributed by atoms with E-state index in [4.69, 9.17) is 0 Å². The standard InChI is InChI=1S/C11H8BrF2NS/c12-7-4-5-16-10(7)6-15-9-3-1-2-8(13)11(9)14/h1-5,15H,6H2. The summed E-state index contributed by atoms with van der Waals surface area (Å²) < 4.78 is 27.2. The van der Waals surface area contributed by atoms with Gasteiger partial charge < -0.3 is 5.32 Å². The summed E-state index contributed by atoms with van der Waals surface area (Å²) >= 11 is 4.93. The highest BCUT2D eigenvalue weighted by Gasteiger charge is 2.08. The van der Waals surface area contributed by atoms with Crippen molar-refractivity contribution in [3.63, 3.8) is 0 Å². The van der Waals surface area contributed by atoms with E-state index in [0.717, 1.165) is 15.4 Å². The van der Waals surface area contributed by atoms with Crippen molar-refractivity contribution < 1.29 is 8.78 Å². The molecule has 0 saturated heterocycles. The minimum atomic E-state index is -0.838. The molecule has 0 aliphatic heterocycles. The second-order valence-corrected chi connectivity index (χ2v) is 5.00. The minimum absolute atomic E-state index is 0.181. The third-order valence-corrected chi connectivity index (χ3v) is 4.01. The minimum Gasteiger partial charge on any atom is -0.378 e. The molecule has 0 aliphatic carbocycles. The molecule has 0 amide bonds. The molecular formula is C11H8BrF2NS. The van der Waals surface area contributed by atoms with Crippen LogP contribution in [0.4, 0.5) is 14.5 Å². The van der Waals surface area contributed by atoms with Gasteiger partial charge in [0.05, 0.1) is 12.2 Å². The molecule has 16 heavy (non-hydrogen) atoms. The van der Waals surface area contributed by atoms with Gasteiger partial charge in [0, 0.05) is 9.35 Å². The van der Waals surface area contributed by atoms with Crippen molar-refractivity contribution >= 4 is 33.0 Å². The van der Waals surface area contributed by atoms with E-state index >= 15 is 0 Å².